The number of ketones is 1. The van der Waals surface area contributed by atoms with Gasteiger partial charge in [0.2, 0.25) is 0 Å². The first-order valence-electron chi connectivity index (χ1n) is 8.05. The molecule has 0 aliphatic carbocycles. The number of benzene rings is 1. The van der Waals surface area contributed by atoms with Crippen molar-refractivity contribution in [2.75, 3.05) is 19.6 Å². The van der Waals surface area contributed by atoms with Crippen LogP contribution in [0.3, 0.4) is 0 Å². The minimum absolute atomic E-state index is 0.122. The van der Waals surface area contributed by atoms with E-state index in [-0.39, 0.29) is 11.5 Å². The molecule has 0 atom stereocenters. The van der Waals surface area contributed by atoms with Crippen molar-refractivity contribution >= 4 is 16.7 Å². The highest BCUT2D eigenvalue weighted by molar-refractivity contribution is 6.08. The lowest BCUT2D eigenvalue weighted by molar-refractivity contribution is 0.0972. The van der Waals surface area contributed by atoms with Gasteiger partial charge in [0.05, 0.1) is 6.20 Å². The summed E-state index contributed by atoms with van der Waals surface area (Å²) in [6.45, 7) is 5.61. The molecule has 5 nitrogen and oxygen atoms in total. The number of likely N-dealkylation sites (tertiary alicyclic amines) is 1. The molecule has 1 fully saturated rings. The smallest absolute Gasteiger partial charge is 0.163 e. The van der Waals surface area contributed by atoms with Crippen LogP contribution in [0.5, 0.6) is 5.75 Å². The number of rotatable bonds is 5. The Morgan fingerprint density at radius 1 is 1.41 bits per heavy atom. The number of nitrogens with zero attached hydrogens (tertiary/aromatic N) is 2. The Kier molecular flexibility index (Phi) is 4.43. The number of Topliss-reactive ketones (excluding diaryl/α,β-unsaturated/α-hetero) is 1. The number of hydrogen-bond donors (Lipinski definition) is 2. The number of piperidine rings is 1. The number of nitrogens with one attached hydrogen (secondary N) is 1. The lowest BCUT2D eigenvalue weighted by Gasteiger charge is -2.30. The van der Waals surface area contributed by atoms with Crippen molar-refractivity contribution in [3.8, 4) is 5.75 Å². The number of carbonyl (C=O) groups excluding carboxylic acids is 1. The molecule has 2 heterocycles. The molecule has 0 saturated carbocycles. The second kappa shape index (κ2) is 6.48. The summed E-state index contributed by atoms with van der Waals surface area (Å²) in [6.07, 6.45) is 5.56. The molecule has 0 amide bonds. The number of hydrogen-bond acceptors (Lipinski definition) is 4. The van der Waals surface area contributed by atoms with Gasteiger partial charge in [-0.2, -0.15) is 5.10 Å². The second-order valence-electron chi connectivity index (χ2n) is 6.34. The van der Waals surface area contributed by atoms with Crippen LogP contribution < -0.4 is 0 Å². The lowest BCUT2D eigenvalue weighted by Crippen LogP contribution is -2.33. The molecule has 0 radical (unpaired) electrons. The first-order chi connectivity index (χ1) is 10.6. The van der Waals surface area contributed by atoms with Crippen molar-refractivity contribution in [1.82, 2.24) is 15.1 Å². The molecule has 118 valence electrons. The van der Waals surface area contributed by atoms with Crippen molar-refractivity contribution in [2.45, 2.75) is 32.6 Å². The second-order valence-corrected chi connectivity index (χ2v) is 6.34. The average Bonchev–Trinajstić information content (AvgIpc) is 3.00. The van der Waals surface area contributed by atoms with E-state index in [2.05, 4.69) is 22.0 Å². The van der Waals surface area contributed by atoms with Crippen LogP contribution >= 0.6 is 0 Å². The summed E-state index contributed by atoms with van der Waals surface area (Å²) in [5, 5.41) is 17.1. The van der Waals surface area contributed by atoms with Crippen LogP contribution in [-0.4, -0.2) is 45.6 Å². The van der Waals surface area contributed by atoms with Crippen LogP contribution in [0.1, 0.15) is 43.0 Å². The van der Waals surface area contributed by atoms with Crippen molar-refractivity contribution in [3.63, 3.8) is 0 Å². The summed E-state index contributed by atoms with van der Waals surface area (Å²) in [6, 6.07) is 3.25. The van der Waals surface area contributed by atoms with Crippen molar-refractivity contribution in [1.29, 1.82) is 0 Å². The molecule has 0 unspecified atom stereocenters. The van der Waals surface area contributed by atoms with Crippen molar-refractivity contribution in [3.05, 3.63) is 23.9 Å². The third-order valence-corrected chi connectivity index (χ3v) is 4.65. The summed E-state index contributed by atoms with van der Waals surface area (Å²) in [5.74, 6) is 1.09. The maximum atomic E-state index is 12.4. The minimum Gasteiger partial charge on any atom is -0.506 e. The number of phenolic OH excluding ortho intramolecular Hbond substituents is 1. The number of carbonyl (C=O) groups is 1. The molecule has 1 saturated heterocycles. The highest BCUT2D eigenvalue weighted by Crippen LogP contribution is 2.26. The topological polar surface area (TPSA) is 69.2 Å². The summed E-state index contributed by atoms with van der Waals surface area (Å²) in [5.41, 5.74) is 1.18. The van der Waals surface area contributed by atoms with Crippen LogP contribution in [0.25, 0.3) is 10.9 Å². The van der Waals surface area contributed by atoms with Crippen LogP contribution in [0.2, 0.25) is 0 Å². The SMILES string of the molecule is CC1CCN(CCCC(=O)c2ccc(O)c3[nH]ncc23)CC1. The fraction of sp³-hybridized carbons (Fsp3) is 0.529. The fourth-order valence-corrected chi connectivity index (χ4v) is 3.15. The molecular weight excluding hydrogens is 278 g/mol. The predicted octanol–water partition coefficient (Wildman–Crippen LogP) is 2.96. The molecular formula is C17H23N3O2. The zero-order chi connectivity index (χ0) is 15.5. The molecule has 22 heavy (non-hydrogen) atoms. The van der Waals surface area contributed by atoms with Gasteiger partial charge in [0.1, 0.15) is 11.3 Å². The van der Waals surface area contributed by atoms with Crippen molar-refractivity contribution in [2.24, 2.45) is 5.92 Å². The molecule has 1 aliphatic heterocycles. The summed E-state index contributed by atoms with van der Waals surface area (Å²) >= 11 is 0. The predicted molar refractivity (Wildman–Crippen MR) is 86.2 cm³/mol. The molecule has 3 rings (SSSR count). The average molecular weight is 301 g/mol. The van der Waals surface area contributed by atoms with Gasteiger partial charge in [-0.1, -0.05) is 6.92 Å². The Bertz CT molecular complexity index is 657. The first-order valence-corrected chi connectivity index (χ1v) is 8.05. The summed E-state index contributed by atoms with van der Waals surface area (Å²) < 4.78 is 0. The Morgan fingerprint density at radius 3 is 2.95 bits per heavy atom. The van der Waals surface area contributed by atoms with Gasteiger partial charge in [-0.25, -0.2) is 0 Å². The zero-order valence-corrected chi connectivity index (χ0v) is 13.0. The Balaban J connectivity index is 1.57. The van der Waals surface area contributed by atoms with E-state index < -0.39 is 0 Å². The van der Waals surface area contributed by atoms with E-state index in [4.69, 9.17) is 0 Å². The van der Waals surface area contributed by atoms with Gasteiger partial charge in [-0.05, 0) is 56.9 Å². The molecule has 0 spiro atoms. The summed E-state index contributed by atoms with van der Waals surface area (Å²) in [7, 11) is 0. The van der Waals surface area contributed by atoms with Gasteiger partial charge in [0.15, 0.2) is 5.78 Å². The highest BCUT2D eigenvalue weighted by atomic mass is 16.3. The Hall–Kier alpha value is -1.88. The van der Waals surface area contributed by atoms with Crippen LogP contribution in [-0.2, 0) is 0 Å². The van der Waals surface area contributed by atoms with E-state index in [1.165, 1.54) is 12.8 Å². The maximum absolute atomic E-state index is 12.4. The van der Waals surface area contributed by atoms with Crippen LogP contribution in [0.15, 0.2) is 18.3 Å². The van der Waals surface area contributed by atoms with Gasteiger partial charge in [0.25, 0.3) is 0 Å². The maximum Gasteiger partial charge on any atom is 0.163 e. The monoisotopic (exact) mass is 301 g/mol. The highest BCUT2D eigenvalue weighted by Gasteiger charge is 2.17. The van der Waals surface area contributed by atoms with Crippen molar-refractivity contribution < 1.29 is 9.90 Å². The first kappa shape index (κ1) is 15.0. The van der Waals surface area contributed by atoms with E-state index in [0.717, 1.165) is 32.0 Å². The van der Waals surface area contributed by atoms with E-state index >= 15 is 0 Å². The number of aromatic amines is 1. The molecule has 2 N–H and O–H groups in total. The van der Waals surface area contributed by atoms with E-state index in [1.807, 2.05) is 0 Å². The lowest BCUT2D eigenvalue weighted by atomic mass is 9.98. The zero-order valence-electron chi connectivity index (χ0n) is 13.0. The molecule has 1 aromatic carbocycles. The number of H-pyrrole nitrogens is 1. The van der Waals surface area contributed by atoms with E-state index in [1.54, 1.807) is 18.3 Å². The van der Waals surface area contributed by atoms with Gasteiger partial charge < -0.3 is 10.0 Å². The van der Waals surface area contributed by atoms with Crippen LogP contribution in [0, 0.1) is 5.92 Å². The van der Waals surface area contributed by atoms with Gasteiger partial charge >= 0.3 is 0 Å². The Labute approximate surface area is 130 Å². The molecule has 1 aliphatic rings. The molecule has 5 heteroatoms. The fourth-order valence-electron chi connectivity index (χ4n) is 3.15. The minimum atomic E-state index is 0.122. The summed E-state index contributed by atoms with van der Waals surface area (Å²) in [4.78, 5) is 14.9. The largest absolute Gasteiger partial charge is 0.506 e. The van der Waals surface area contributed by atoms with Crippen LogP contribution in [0.4, 0.5) is 0 Å². The molecule has 1 aromatic heterocycles. The third kappa shape index (κ3) is 3.14. The normalized spacial score (nSPS) is 17.1. The number of fused-ring (bicyclic) bond motifs is 1. The standard InChI is InChI=1S/C17H23N3O2/c1-12-6-9-20(10-7-12)8-2-3-15(21)13-4-5-16(22)17-14(13)11-18-19-17/h4-5,11-12,22H,2-3,6-10H2,1H3,(H,18,19). The molecule has 2 aromatic rings. The number of aromatic nitrogens is 2. The molecule has 0 bridgehead atoms. The van der Waals surface area contributed by atoms with E-state index in [0.29, 0.717) is 22.9 Å². The van der Waals surface area contributed by atoms with E-state index in [9.17, 15) is 9.90 Å². The third-order valence-electron chi connectivity index (χ3n) is 4.65. The van der Waals surface area contributed by atoms with Gasteiger partial charge in [-0.15, -0.1) is 0 Å². The quantitative estimate of drug-likeness (QED) is 0.833. The van der Waals surface area contributed by atoms with Gasteiger partial charge in [-0.3, -0.25) is 9.89 Å². The Morgan fingerprint density at radius 2 is 2.18 bits per heavy atom. The number of aromatic hydroxyl groups is 1. The number of phenols is 1. The van der Waals surface area contributed by atoms with Gasteiger partial charge in [0, 0.05) is 17.4 Å².